The van der Waals surface area contributed by atoms with Crippen molar-refractivity contribution in [1.82, 2.24) is 4.90 Å². The van der Waals surface area contributed by atoms with Gasteiger partial charge in [-0.3, -0.25) is 15.0 Å². The Kier molecular flexibility index (Phi) is 9.01. The van der Waals surface area contributed by atoms with E-state index in [1.807, 2.05) is 78.9 Å². The Labute approximate surface area is 263 Å². The van der Waals surface area contributed by atoms with Gasteiger partial charge < -0.3 is 4.74 Å². The number of carbonyl (C=O) groups is 1. The molecule has 0 radical (unpaired) electrons. The number of hydrogen-bond acceptors (Lipinski definition) is 4. The first-order valence-corrected chi connectivity index (χ1v) is 15.5. The second-order valence-electron chi connectivity index (χ2n) is 11.5. The van der Waals surface area contributed by atoms with Crippen LogP contribution >= 0.6 is 0 Å². The van der Waals surface area contributed by atoms with Crippen LogP contribution in [0.15, 0.2) is 128 Å². The van der Waals surface area contributed by atoms with Gasteiger partial charge in [0, 0.05) is 24.1 Å². The highest BCUT2D eigenvalue weighted by atomic mass is 16.6. The number of nitrogens with zero attached hydrogens (tertiary/aromatic N) is 2. The van der Waals surface area contributed by atoms with Crippen molar-refractivity contribution in [2.24, 2.45) is 0 Å². The van der Waals surface area contributed by atoms with Crippen LogP contribution in [0.2, 0.25) is 0 Å². The fourth-order valence-corrected chi connectivity index (χ4v) is 6.48. The molecule has 2 aliphatic rings. The summed E-state index contributed by atoms with van der Waals surface area (Å²) in [7, 11) is 0. The number of rotatable bonds is 5. The minimum absolute atomic E-state index is 0.0682. The monoisotopic (exact) mass is 596 g/mol. The summed E-state index contributed by atoms with van der Waals surface area (Å²) >= 11 is 0. The highest BCUT2D eigenvalue weighted by Crippen LogP contribution is 2.40. The molecule has 0 saturated carbocycles. The molecular formula is C39H36N2O4. The van der Waals surface area contributed by atoms with Gasteiger partial charge >= 0.3 is 6.09 Å². The van der Waals surface area contributed by atoms with Crippen LogP contribution in [0.25, 0.3) is 21.5 Å². The minimum atomic E-state index is -0.591. The molecule has 0 unspecified atom stereocenters. The van der Waals surface area contributed by atoms with E-state index in [-0.39, 0.29) is 16.9 Å². The SMILES string of the molecule is CCc1cc2c3c(ccc2c2ccccc12)C[C@@H](c1ccccc1)[C@@H]([N+](=O)[O-])C3.O=C(OCc1ccccc1)N1C=CC=CC1. The summed E-state index contributed by atoms with van der Waals surface area (Å²) in [5.41, 5.74) is 5.78. The molecule has 1 heterocycles. The van der Waals surface area contributed by atoms with Gasteiger partial charge in [-0.1, -0.05) is 122 Å². The lowest BCUT2D eigenvalue weighted by molar-refractivity contribution is -0.527. The van der Waals surface area contributed by atoms with Crippen LogP contribution < -0.4 is 0 Å². The fraction of sp³-hybridized carbons (Fsp3) is 0.205. The van der Waals surface area contributed by atoms with Crippen LogP contribution in [0, 0.1) is 10.1 Å². The van der Waals surface area contributed by atoms with Gasteiger partial charge in [0.25, 0.3) is 0 Å². The van der Waals surface area contributed by atoms with Gasteiger partial charge in [0.1, 0.15) is 6.61 Å². The van der Waals surface area contributed by atoms with Crippen molar-refractivity contribution in [3.63, 3.8) is 0 Å². The van der Waals surface area contributed by atoms with Gasteiger partial charge in [0.15, 0.2) is 0 Å². The van der Waals surface area contributed by atoms with Gasteiger partial charge in [-0.25, -0.2) is 4.79 Å². The van der Waals surface area contributed by atoms with Gasteiger partial charge in [-0.05, 0) is 68.3 Å². The molecule has 1 amide bonds. The molecule has 6 heteroatoms. The van der Waals surface area contributed by atoms with E-state index >= 15 is 0 Å². The molecule has 0 aromatic heterocycles. The predicted octanol–water partition coefficient (Wildman–Crippen LogP) is 8.79. The van der Waals surface area contributed by atoms with E-state index in [9.17, 15) is 14.9 Å². The van der Waals surface area contributed by atoms with Crippen LogP contribution in [0.4, 0.5) is 4.79 Å². The number of benzene rings is 5. The number of ether oxygens (including phenoxy) is 1. The number of hydrogen-bond donors (Lipinski definition) is 0. The number of aryl methyl sites for hydroxylation is 1. The van der Waals surface area contributed by atoms with E-state index in [4.69, 9.17) is 4.74 Å². The molecule has 5 aromatic rings. The second kappa shape index (κ2) is 13.6. The standard InChI is InChI=1S/C26H23NO2.C13H13NO2/c1-2-17-14-25-22(21-11-7-6-10-20(17)21)13-12-19-15-24(18-8-4-3-5-9-18)26(27(28)29)16-23(19)25;15-13(14-9-5-2-6-10-14)16-11-12-7-3-1-4-8-12/h3-14,24,26H,2,15-16H2,1H3;1-9H,10-11H2/t24-,26-;/m0./s1. The third kappa shape index (κ3) is 6.50. The fourth-order valence-electron chi connectivity index (χ4n) is 6.48. The Balaban J connectivity index is 0.000000189. The zero-order valence-corrected chi connectivity index (χ0v) is 25.3. The Morgan fingerprint density at radius 3 is 2.22 bits per heavy atom. The lowest BCUT2D eigenvalue weighted by Crippen LogP contribution is -2.35. The maximum absolute atomic E-state index is 12.0. The van der Waals surface area contributed by atoms with Crippen molar-refractivity contribution in [2.75, 3.05) is 6.54 Å². The zero-order chi connectivity index (χ0) is 31.2. The maximum atomic E-state index is 12.0. The van der Waals surface area contributed by atoms with Crippen molar-refractivity contribution in [2.45, 2.75) is 44.8 Å². The molecule has 0 fully saturated rings. The van der Waals surface area contributed by atoms with E-state index < -0.39 is 6.04 Å². The summed E-state index contributed by atoms with van der Waals surface area (Å²) in [5.74, 6) is -0.0812. The van der Waals surface area contributed by atoms with Crippen LogP contribution in [-0.2, 0) is 30.6 Å². The Bertz CT molecular complexity index is 1880. The number of amides is 1. The first-order valence-electron chi connectivity index (χ1n) is 15.5. The number of allylic oxidation sites excluding steroid dienone is 2. The molecule has 6 nitrogen and oxygen atoms in total. The van der Waals surface area contributed by atoms with Crippen molar-refractivity contribution in [3.05, 3.63) is 165 Å². The van der Waals surface area contributed by atoms with Crippen molar-refractivity contribution >= 4 is 27.6 Å². The van der Waals surface area contributed by atoms with Crippen LogP contribution in [0.5, 0.6) is 0 Å². The summed E-state index contributed by atoms with van der Waals surface area (Å²) in [6.07, 6.45) is 9.18. The molecule has 7 rings (SSSR count). The van der Waals surface area contributed by atoms with Gasteiger partial charge in [-0.15, -0.1) is 0 Å². The average molecular weight is 597 g/mol. The van der Waals surface area contributed by atoms with Crippen LogP contribution in [-0.4, -0.2) is 28.5 Å². The van der Waals surface area contributed by atoms with E-state index in [1.165, 1.54) is 37.6 Å². The van der Waals surface area contributed by atoms with Crippen molar-refractivity contribution in [1.29, 1.82) is 0 Å². The summed E-state index contributed by atoms with van der Waals surface area (Å²) in [4.78, 5) is 25.1. The quantitative estimate of drug-likeness (QED) is 0.115. The Morgan fingerprint density at radius 2 is 1.53 bits per heavy atom. The Hall–Kier alpha value is -5.23. The first-order chi connectivity index (χ1) is 22.0. The largest absolute Gasteiger partial charge is 0.444 e. The normalized spacial score (nSPS) is 17.0. The molecule has 1 aliphatic carbocycles. The third-order valence-electron chi connectivity index (χ3n) is 8.79. The van der Waals surface area contributed by atoms with E-state index in [1.54, 1.807) is 6.20 Å². The molecule has 0 N–H and O–H groups in total. The lowest BCUT2D eigenvalue weighted by Gasteiger charge is -2.29. The second-order valence-corrected chi connectivity index (χ2v) is 11.5. The number of fused-ring (bicyclic) bond motifs is 5. The molecule has 1 aliphatic heterocycles. The van der Waals surface area contributed by atoms with Crippen molar-refractivity contribution in [3.8, 4) is 0 Å². The Morgan fingerprint density at radius 1 is 0.844 bits per heavy atom. The molecule has 2 atom stereocenters. The smallest absolute Gasteiger partial charge is 0.414 e. The molecular weight excluding hydrogens is 560 g/mol. The molecule has 0 bridgehead atoms. The van der Waals surface area contributed by atoms with Gasteiger partial charge in [0.2, 0.25) is 6.04 Å². The number of carbonyl (C=O) groups excluding carboxylic acids is 1. The van der Waals surface area contributed by atoms with Crippen molar-refractivity contribution < 1.29 is 14.5 Å². The molecule has 226 valence electrons. The molecule has 0 saturated heterocycles. The maximum Gasteiger partial charge on any atom is 0.414 e. The summed E-state index contributed by atoms with van der Waals surface area (Å²) in [6, 6.07) is 34.2. The summed E-state index contributed by atoms with van der Waals surface area (Å²) in [5, 5.41) is 16.9. The van der Waals surface area contributed by atoms with E-state index in [0.29, 0.717) is 19.6 Å². The third-order valence-corrected chi connectivity index (χ3v) is 8.79. The molecule has 0 spiro atoms. The molecule has 5 aromatic carbocycles. The minimum Gasteiger partial charge on any atom is -0.444 e. The summed E-state index contributed by atoms with van der Waals surface area (Å²) < 4.78 is 5.17. The van der Waals surface area contributed by atoms with Crippen LogP contribution in [0.1, 0.15) is 40.7 Å². The molecule has 45 heavy (non-hydrogen) atoms. The zero-order valence-electron chi connectivity index (χ0n) is 25.3. The highest BCUT2D eigenvalue weighted by molar-refractivity contribution is 6.10. The summed E-state index contributed by atoms with van der Waals surface area (Å²) in [6.45, 7) is 3.06. The van der Waals surface area contributed by atoms with Gasteiger partial charge in [-0.2, -0.15) is 0 Å². The van der Waals surface area contributed by atoms with Crippen LogP contribution in [0.3, 0.4) is 0 Å². The predicted molar refractivity (Wildman–Crippen MR) is 180 cm³/mol. The van der Waals surface area contributed by atoms with E-state index in [0.717, 1.165) is 29.5 Å². The first kappa shape index (κ1) is 29.8. The average Bonchev–Trinajstić information content (AvgIpc) is 3.11. The van der Waals surface area contributed by atoms with Gasteiger partial charge in [0.05, 0.1) is 5.92 Å². The topological polar surface area (TPSA) is 72.7 Å². The number of nitro groups is 1. The highest BCUT2D eigenvalue weighted by Gasteiger charge is 2.38. The van der Waals surface area contributed by atoms with E-state index in [2.05, 4.69) is 49.4 Å². The lowest BCUT2D eigenvalue weighted by atomic mass is 9.75.